The number of primary amides is 1. The van der Waals surface area contributed by atoms with E-state index < -0.39 is 81.3 Å². The number of methoxy groups -OCH3 is 1. The number of aromatic hydroxyl groups is 1. The van der Waals surface area contributed by atoms with Crippen LogP contribution in [0, 0.1) is 11.8 Å². The molecule has 0 spiro atoms. The Morgan fingerprint density at radius 3 is 2.38 bits per heavy atom. The average molecular weight is 472 g/mol. The molecule has 180 valence electrons. The van der Waals surface area contributed by atoms with Crippen LogP contribution in [0.5, 0.6) is 5.75 Å². The van der Waals surface area contributed by atoms with Crippen molar-refractivity contribution in [1.29, 1.82) is 0 Å². The lowest BCUT2D eigenvalue weighted by atomic mass is 9.56. The lowest BCUT2D eigenvalue weighted by Gasteiger charge is -2.51. The molecule has 11 heteroatoms. The lowest BCUT2D eigenvalue weighted by molar-refractivity contribution is -0.150. The first-order valence-corrected chi connectivity index (χ1v) is 10.4. The number of hydrogen-bond donors (Lipinski definition) is 5. The summed E-state index contributed by atoms with van der Waals surface area (Å²) < 4.78 is 4.94. The van der Waals surface area contributed by atoms with Gasteiger partial charge in [-0.15, -0.1) is 0 Å². The van der Waals surface area contributed by atoms with E-state index in [0.717, 1.165) is 7.11 Å². The Morgan fingerprint density at radius 1 is 1.18 bits per heavy atom. The van der Waals surface area contributed by atoms with Crippen LogP contribution in [0.1, 0.15) is 28.3 Å². The molecule has 1 aromatic carbocycles. The Labute approximate surface area is 193 Å². The van der Waals surface area contributed by atoms with E-state index in [1.54, 1.807) is 0 Å². The molecule has 5 atom stereocenters. The third-order valence-corrected chi connectivity index (χ3v) is 7.06. The van der Waals surface area contributed by atoms with Crippen LogP contribution in [0.2, 0.25) is 0 Å². The number of carbonyl (C=O) groups excluding carboxylic acids is 4. The summed E-state index contributed by atoms with van der Waals surface area (Å²) in [6.07, 6.45) is -0.221. The molecule has 0 bridgehead atoms. The molecule has 6 N–H and O–H groups in total. The van der Waals surface area contributed by atoms with Crippen LogP contribution in [-0.2, 0) is 19.1 Å². The van der Waals surface area contributed by atoms with Crippen molar-refractivity contribution >= 4 is 23.4 Å². The molecule has 11 nitrogen and oxygen atoms in total. The van der Waals surface area contributed by atoms with Crippen LogP contribution < -0.4 is 5.73 Å². The van der Waals surface area contributed by atoms with Gasteiger partial charge in [0, 0.05) is 17.4 Å². The molecule has 34 heavy (non-hydrogen) atoms. The number of aliphatic hydroxyl groups is 3. The maximum atomic E-state index is 13.4. The third-order valence-electron chi connectivity index (χ3n) is 7.06. The SMILES string of the molecule is COC(=O)[C@H]1c2cccc(O)c2C(=O)C2=C(O)[C@]3(O)C(=O)C(C(N)=O)=C(O)[C@@H](N(C)C)[C@@H]3C[C@@H]21. The number of rotatable bonds is 3. The minimum atomic E-state index is -2.78. The first-order chi connectivity index (χ1) is 15.9. The molecule has 0 unspecified atom stereocenters. The number of likely N-dealkylation sites (N-methyl/N-ethyl adjacent to an activating group) is 1. The summed E-state index contributed by atoms with van der Waals surface area (Å²) in [5.41, 5.74) is 1.08. The number of amides is 1. The Kier molecular flexibility index (Phi) is 5.29. The van der Waals surface area contributed by atoms with Gasteiger partial charge in [0.15, 0.2) is 11.4 Å². The number of ketones is 2. The van der Waals surface area contributed by atoms with Gasteiger partial charge < -0.3 is 30.9 Å². The van der Waals surface area contributed by atoms with Gasteiger partial charge in [-0.3, -0.25) is 24.1 Å². The number of fused-ring (bicyclic) bond motifs is 3. The second kappa shape index (κ2) is 7.67. The van der Waals surface area contributed by atoms with Crippen molar-refractivity contribution in [3.05, 3.63) is 52.0 Å². The molecule has 0 saturated carbocycles. The van der Waals surface area contributed by atoms with E-state index in [2.05, 4.69) is 0 Å². The quantitative estimate of drug-likeness (QED) is 0.292. The minimum Gasteiger partial charge on any atom is -0.510 e. The zero-order chi connectivity index (χ0) is 25.3. The smallest absolute Gasteiger partial charge is 0.313 e. The molecule has 4 rings (SSSR count). The number of carbonyl (C=O) groups is 4. The summed E-state index contributed by atoms with van der Waals surface area (Å²) in [6.45, 7) is 0. The van der Waals surface area contributed by atoms with Crippen molar-refractivity contribution in [2.75, 3.05) is 21.2 Å². The highest BCUT2D eigenvalue weighted by atomic mass is 16.5. The maximum absolute atomic E-state index is 13.4. The first-order valence-electron chi connectivity index (χ1n) is 10.4. The Morgan fingerprint density at radius 2 is 1.82 bits per heavy atom. The number of aliphatic hydroxyl groups excluding tert-OH is 2. The van der Waals surface area contributed by atoms with Gasteiger partial charge in [0.2, 0.25) is 5.78 Å². The first kappa shape index (κ1) is 23.5. The fourth-order valence-electron chi connectivity index (χ4n) is 5.65. The van der Waals surface area contributed by atoms with E-state index in [-0.39, 0.29) is 17.5 Å². The number of benzene rings is 1. The normalized spacial score (nSPS) is 30.6. The molecule has 1 amide bonds. The number of allylic oxidation sites excluding steroid dienone is 1. The zero-order valence-electron chi connectivity index (χ0n) is 18.6. The minimum absolute atomic E-state index is 0.171. The lowest BCUT2D eigenvalue weighted by Crippen LogP contribution is -2.64. The number of nitrogens with two attached hydrogens (primary N) is 1. The van der Waals surface area contributed by atoms with Gasteiger partial charge in [-0.25, -0.2) is 0 Å². The van der Waals surface area contributed by atoms with Gasteiger partial charge in [-0.1, -0.05) is 12.1 Å². The van der Waals surface area contributed by atoms with Gasteiger partial charge in [0.25, 0.3) is 5.91 Å². The topological polar surface area (TPSA) is 188 Å². The van der Waals surface area contributed by atoms with E-state index in [0.29, 0.717) is 0 Å². The molecule has 1 aromatic rings. The van der Waals surface area contributed by atoms with E-state index in [1.807, 2.05) is 0 Å². The molecule has 3 aliphatic rings. The van der Waals surface area contributed by atoms with Crippen molar-refractivity contribution < 1.29 is 44.3 Å². The van der Waals surface area contributed by atoms with Crippen LogP contribution in [0.3, 0.4) is 0 Å². The van der Waals surface area contributed by atoms with Crippen molar-refractivity contribution in [2.45, 2.75) is 24.0 Å². The Balaban J connectivity index is 2.05. The van der Waals surface area contributed by atoms with Crippen molar-refractivity contribution in [3.63, 3.8) is 0 Å². The number of hydrogen-bond acceptors (Lipinski definition) is 10. The van der Waals surface area contributed by atoms with Crippen molar-refractivity contribution in [3.8, 4) is 5.75 Å². The summed E-state index contributed by atoms with van der Waals surface area (Å²) >= 11 is 0. The number of nitrogens with zero attached hydrogens (tertiary/aromatic N) is 1. The number of esters is 1. The summed E-state index contributed by atoms with van der Waals surface area (Å²) in [5, 5.41) is 44.0. The standard InChI is InChI=1S/C23H24N2O9/c1-25(2)16-10-7-9-12(22(32)34-3)8-5-4-6-11(26)13(8)17(27)14(9)19(29)23(10,33)20(30)15(18(16)28)21(24)31/h4-6,9-10,12,16,26,28-29,33H,7H2,1-3H3,(H2,24,31)/t9-,10+,12+,16+,23+/m1/s1. The molecule has 3 aliphatic carbocycles. The highest BCUT2D eigenvalue weighted by Gasteiger charge is 2.64. The molecule has 0 aliphatic heterocycles. The second-order valence-corrected chi connectivity index (χ2v) is 8.91. The van der Waals surface area contributed by atoms with Gasteiger partial charge >= 0.3 is 5.97 Å². The van der Waals surface area contributed by atoms with E-state index in [4.69, 9.17) is 10.5 Å². The average Bonchev–Trinajstić information content (AvgIpc) is 2.75. The summed E-state index contributed by atoms with van der Waals surface area (Å²) in [5.74, 6) is -9.97. The van der Waals surface area contributed by atoms with Crippen LogP contribution in [0.4, 0.5) is 0 Å². The van der Waals surface area contributed by atoms with Gasteiger partial charge in [0.05, 0.1) is 24.6 Å². The van der Waals surface area contributed by atoms with Crippen LogP contribution in [0.25, 0.3) is 0 Å². The predicted octanol–water partition coefficient (Wildman–Crippen LogP) is -0.165. The van der Waals surface area contributed by atoms with E-state index in [9.17, 15) is 39.6 Å². The van der Waals surface area contributed by atoms with Gasteiger partial charge in [-0.05, 0) is 32.1 Å². The molecule has 0 saturated heterocycles. The Bertz CT molecular complexity index is 1210. The number of Topliss-reactive ketones (excluding diaryl/α,β-unsaturated/α-hetero) is 2. The van der Waals surface area contributed by atoms with Crippen molar-refractivity contribution in [2.24, 2.45) is 17.6 Å². The number of ether oxygens (including phenoxy) is 1. The molecule has 0 fully saturated rings. The molecular weight excluding hydrogens is 448 g/mol. The highest BCUT2D eigenvalue weighted by Crippen LogP contribution is 2.55. The fraction of sp³-hybridized carbons (Fsp3) is 0.391. The molecule has 0 heterocycles. The second-order valence-electron chi connectivity index (χ2n) is 8.91. The van der Waals surface area contributed by atoms with Crippen LogP contribution in [-0.4, -0.2) is 81.6 Å². The zero-order valence-corrected chi connectivity index (χ0v) is 18.6. The van der Waals surface area contributed by atoms with Gasteiger partial charge in [-0.2, -0.15) is 0 Å². The summed E-state index contributed by atoms with van der Waals surface area (Å²) in [7, 11) is 4.18. The number of phenolic OH excluding ortho intramolecular Hbond substituents is 1. The van der Waals surface area contributed by atoms with Crippen LogP contribution >= 0.6 is 0 Å². The number of phenols is 1. The van der Waals surface area contributed by atoms with Crippen molar-refractivity contribution in [1.82, 2.24) is 4.90 Å². The monoisotopic (exact) mass is 472 g/mol. The Hall–Kier alpha value is -3.70. The maximum Gasteiger partial charge on any atom is 0.313 e. The predicted molar refractivity (Wildman–Crippen MR) is 115 cm³/mol. The largest absolute Gasteiger partial charge is 0.510 e. The molecule has 0 aromatic heterocycles. The molecular formula is C23H24N2O9. The van der Waals surface area contributed by atoms with Crippen LogP contribution in [0.15, 0.2) is 40.9 Å². The third kappa shape index (κ3) is 2.83. The van der Waals surface area contributed by atoms with E-state index >= 15 is 0 Å². The fourth-order valence-corrected chi connectivity index (χ4v) is 5.65. The van der Waals surface area contributed by atoms with Gasteiger partial charge in [0.1, 0.15) is 22.8 Å². The highest BCUT2D eigenvalue weighted by molar-refractivity contribution is 6.25. The summed E-state index contributed by atoms with van der Waals surface area (Å²) in [6, 6.07) is 2.99. The molecule has 0 radical (unpaired) electrons. The van der Waals surface area contributed by atoms with E-state index in [1.165, 1.54) is 37.2 Å². The summed E-state index contributed by atoms with van der Waals surface area (Å²) in [4.78, 5) is 53.0.